The molecule has 1 aliphatic rings. The van der Waals surface area contributed by atoms with E-state index in [1.54, 1.807) is 26.0 Å². The molecule has 2 rings (SSSR count). The van der Waals surface area contributed by atoms with Crippen LogP contribution in [0, 0.1) is 11.8 Å². The SMILES string of the molecule is CC(C)C(C(=O)O)N1C(=O)c2ccccc2C1=O.CC(C)CC(=O)Cl. The quantitative estimate of drug-likeness (QED) is 0.637. The lowest BCUT2D eigenvalue weighted by Gasteiger charge is -2.25. The van der Waals surface area contributed by atoms with Gasteiger partial charge in [-0.25, -0.2) is 4.79 Å². The Morgan fingerprint density at radius 2 is 1.48 bits per heavy atom. The number of carboxylic acids is 1. The number of imide groups is 1. The molecule has 0 aromatic heterocycles. The second-order valence-corrected chi connectivity index (χ2v) is 6.93. The van der Waals surface area contributed by atoms with E-state index in [-0.39, 0.29) is 22.3 Å². The molecule has 0 spiro atoms. The normalized spacial score (nSPS) is 14.3. The van der Waals surface area contributed by atoms with Crippen molar-refractivity contribution in [1.29, 1.82) is 0 Å². The fourth-order valence-corrected chi connectivity index (χ4v) is 2.78. The van der Waals surface area contributed by atoms with Crippen LogP contribution < -0.4 is 0 Å². The number of aliphatic carboxylic acids is 1. The largest absolute Gasteiger partial charge is 0.480 e. The zero-order valence-electron chi connectivity index (χ0n) is 14.7. The molecular formula is C18H22ClNO5. The lowest BCUT2D eigenvalue weighted by Crippen LogP contribution is -2.47. The van der Waals surface area contributed by atoms with E-state index < -0.39 is 23.8 Å². The van der Waals surface area contributed by atoms with E-state index >= 15 is 0 Å². The van der Waals surface area contributed by atoms with Gasteiger partial charge in [-0.15, -0.1) is 0 Å². The molecule has 1 heterocycles. The maximum Gasteiger partial charge on any atom is 0.327 e. The molecule has 0 bridgehead atoms. The summed E-state index contributed by atoms with van der Waals surface area (Å²) in [5.41, 5.74) is 0.545. The summed E-state index contributed by atoms with van der Waals surface area (Å²) in [6.45, 7) is 7.26. The Morgan fingerprint density at radius 3 is 1.72 bits per heavy atom. The predicted octanol–water partition coefficient (Wildman–Crippen LogP) is 3.19. The molecular weight excluding hydrogens is 346 g/mol. The Morgan fingerprint density at radius 1 is 1.04 bits per heavy atom. The average molecular weight is 368 g/mol. The van der Waals surface area contributed by atoms with Gasteiger partial charge in [-0.1, -0.05) is 39.8 Å². The molecule has 1 aromatic rings. The summed E-state index contributed by atoms with van der Waals surface area (Å²) in [6, 6.07) is 5.25. The van der Waals surface area contributed by atoms with Gasteiger partial charge in [0.05, 0.1) is 11.1 Å². The van der Waals surface area contributed by atoms with Crippen molar-refractivity contribution in [3.63, 3.8) is 0 Å². The maximum absolute atomic E-state index is 12.1. The number of carbonyl (C=O) groups excluding carboxylic acids is 3. The lowest BCUT2D eigenvalue weighted by atomic mass is 10.0. The second kappa shape index (κ2) is 8.76. The van der Waals surface area contributed by atoms with Crippen molar-refractivity contribution in [2.75, 3.05) is 0 Å². The molecule has 25 heavy (non-hydrogen) atoms. The van der Waals surface area contributed by atoms with Crippen LogP contribution in [-0.2, 0) is 9.59 Å². The van der Waals surface area contributed by atoms with Crippen LogP contribution in [-0.4, -0.2) is 39.1 Å². The number of hydrogen-bond acceptors (Lipinski definition) is 4. The molecule has 1 unspecified atom stereocenters. The summed E-state index contributed by atoms with van der Waals surface area (Å²) < 4.78 is 0. The molecule has 2 amide bonds. The fraction of sp³-hybridized carbons (Fsp3) is 0.444. The monoisotopic (exact) mass is 367 g/mol. The minimum Gasteiger partial charge on any atom is -0.480 e. The number of carbonyl (C=O) groups is 4. The first-order chi connectivity index (χ1) is 11.6. The molecule has 1 aromatic carbocycles. The summed E-state index contributed by atoms with van der Waals surface area (Å²) in [5.74, 6) is -2.18. The van der Waals surface area contributed by atoms with Crippen LogP contribution in [0.25, 0.3) is 0 Å². The molecule has 6 nitrogen and oxygen atoms in total. The molecule has 0 radical (unpaired) electrons. The Bertz CT molecular complexity index is 649. The van der Waals surface area contributed by atoms with Crippen molar-refractivity contribution in [3.05, 3.63) is 35.4 Å². The van der Waals surface area contributed by atoms with Gasteiger partial charge in [0.1, 0.15) is 6.04 Å². The summed E-state index contributed by atoms with van der Waals surface area (Å²) in [5, 5.41) is 8.93. The van der Waals surface area contributed by atoms with Crippen LogP contribution in [0.15, 0.2) is 24.3 Å². The van der Waals surface area contributed by atoms with Crippen LogP contribution in [0.1, 0.15) is 54.8 Å². The highest BCUT2D eigenvalue weighted by molar-refractivity contribution is 6.63. The van der Waals surface area contributed by atoms with Gasteiger partial charge in [0.2, 0.25) is 5.24 Å². The Kier molecular flexibility index (Phi) is 7.30. The van der Waals surface area contributed by atoms with E-state index in [9.17, 15) is 24.3 Å². The number of halogens is 1. The van der Waals surface area contributed by atoms with E-state index in [2.05, 4.69) is 0 Å². The highest BCUT2D eigenvalue weighted by Gasteiger charge is 2.43. The Labute approximate surface area is 151 Å². The summed E-state index contributed by atoms with van der Waals surface area (Å²) in [7, 11) is 0. The van der Waals surface area contributed by atoms with E-state index in [4.69, 9.17) is 11.6 Å². The van der Waals surface area contributed by atoms with Crippen molar-refractivity contribution in [2.24, 2.45) is 11.8 Å². The van der Waals surface area contributed by atoms with Crippen LogP contribution in [0.2, 0.25) is 0 Å². The second-order valence-electron chi connectivity index (χ2n) is 6.51. The smallest absolute Gasteiger partial charge is 0.327 e. The molecule has 0 fully saturated rings. The van der Waals surface area contributed by atoms with Gasteiger partial charge >= 0.3 is 5.97 Å². The first-order valence-electron chi connectivity index (χ1n) is 7.96. The van der Waals surface area contributed by atoms with Gasteiger partial charge in [-0.05, 0) is 35.6 Å². The van der Waals surface area contributed by atoms with E-state index in [0.29, 0.717) is 12.3 Å². The fourth-order valence-electron chi connectivity index (χ4n) is 2.48. The Balaban J connectivity index is 0.000000381. The van der Waals surface area contributed by atoms with Gasteiger partial charge in [0.15, 0.2) is 0 Å². The van der Waals surface area contributed by atoms with Crippen molar-refractivity contribution >= 4 is 34.6 Å². The summed E-state index contributed by atoms with van der Waals surface area (Å²) in [4.78, 5) is 46.3. The van der Waals surface area contributed by atoms with E-state index in [1.807, 2.05) is 13.8 Å². The number of nitrogens with zero attached hydrogens (tertiary/aromatic N) is 1. The van der Waals surface area contributed by atoms with Crippen molar-refractivity contribution in [1.82, 2.24) is 4.90 Å². The van der Waals surface area contributed by atoms with Gasteiger partial charge in [-0.2, -0.15) is 0 Å². The first kappa shape index (κ1) is 20.8. The van der Waals surface area contributed by atoms with Crippen LogP contribution in [0.5, 0.6) is 0 Å². The summed E-state index contributed by atoms with van der Waals surface area (Å²) in [6.07, 6.45) is 0.488. The third kappa shape index (κ3) is 5.13. The zero-order valence-corrected chi connectivity index (χ0v) is 15.4. The average Bonchev–Trinajstić information content (AvgIpc) is 2.72. The Hall–Kier alpha value is -2.21. The maximum atomic E-state index is 12.1. The molecule has 136 valence electrons. The molecule has 1 atom stereocenters. The highest BCUT2D eigenvalue weighted by atomic mass is 35.5. The number of amides is 2. The van der Waals surface area contributed by atoms with Gasteiger partial charge in [0, 0.05) is 6.42 Å². The predicted molar refractivity (Wildman–Crippen MR) is 93.5 cm³/mol. The summed E-state index contributed by atoms with van der Waals surface area (Å²) >= 11 is 5.03. The van der Waals surface area contributed by atoms with Crippen LogP contribution in [0.4, 0.5) is 0 Å². The highest BCUT2D eigenvalue weighted by Crippen LogP contribution is 2.27. The zero-order chi connectivity index (χ0) is 19.3. The lowest BCUT2D eigenvalue weighted by molar-refractivity contribution is -0.143. The topological polar surface area (TPSA) is 91.8 Å². The van der Waals surface area contributed by atoms with Crippen LogP contribution >= 0.6 is 11.6 Å². The van der Waals surface area contributed by atoms with E-state index in [0.717, 1.165) is 4.90 Å². The molecule has 0 saturated carbocycles. The van der Waals surface area contributed by atoms with Crippen LogP contribution in [0.3, 0.4) is 0 Å². The molecule has 1 N–H and O–H groups in total. The molecule has 1 aliphatic heterocycles. The molecule has 7 heteroatoms. The van der Waals surface area contributed by atoms with Gasteiger partial charge in [-0.3, -0.25) is 19.3 Å². The number of fused-ring (bicyclic) bond motifs is 1. The van der Waals surface area contributed by atoms with Crippen molar-refractivity contribution < 1.29 is 24.3 Å². The van der Waals surface area contributed by atoms with E-state index in [1.165, 1.54) is 12.1 Å². The van der Waals surface area contributed by atoms with Crippen molar-refractivity contribution in [2.45, 2.75) is 40.2 Å². The first-order valence-corrected chi connectivity index (χ1v) is 8.33. The minimum atomic E-state index is -1.17. The third-order valence-corrected chi connectivity index (χ3v) is 3.71. The van der Waals surface area contributed by atoms with Crippen molar-refractivity contribution in [3.8, 4) is 0 Å². The number of benzene rings is 1. The molecule has 0 aliphatic carbocycles. The number of hydrogen-bond donors (Lipinski definition) is 1. The van der Waals surface area contributed by atoms with Gasteiger partial charge < -0.3 is 5.11 Å². The molecule has 0 saturated heterocycles. The minimum absolute atomic E-state index is 0.241. The standard InChI is InChI=1S/C13H13NO4.C5H9ClO/c1-7(2)10(13(17)18)14-11(15)8-5-3-4-6-9(8)12(14)16;1-4(2)3-5(6)7/h3-7,10H,1-2H3,(H,17,18);4H,3H2,1-2H3. The number of carboxylic acid groups (broad SMARTS) is 1. The van der Waals surface area contributed by atoms with Gasteiger partial charge in [0.25, 0.3) is 11.8 Å². The third-order valence-electron chi connectivity index (χ3n) is 3.56. The number of rotatable bonds is 5.